The minimum atomic E-state index is 0.123. The van der Waals surface area contributed by atoms with Gasteiger partial charge in [-0.2, -0.15) is 0 Å². The zero-order chi connectivity index (χ0) is 19.2. The molecule has 3 rings (SSSR count). The lowest BCUT2D eigenvalue weighted by Crippen LogP contribution is -2.39. The van der Waals surface area contributed by atoms with Gasteiger partial charge in [0, 0.05) is 49.9 Å². The highest BCUT2D eigenvalue weighted by molar-refractivity contribution is 5.76. The average molecular weight is 370 g/mol. The molecular weight excluding hydrogens is 344 g/mol. The van der Waals surface area contributed by atoms with Gasteiger partial charge >= 0.3 is 0 Å². The molecule has 0 spiro atoms. The van der Waals surface area contributed by atoms with Crippen LogP contribution in [-0.4, -0.2) is 57.5 Å². The van der Waals surface area contributed by atoms with E-state index in [0.717, 1.165) is 36.5 Å². The van der Waals surface area contributed by atoms with Crippen molar-refractivity contribution in [3.05, 3.63) is 35.5 Å². The first kappa shape index (κ1) is 19.2. The highest BCUT2D eigenvalue weighted by Gasteiger charge is 2.27. The van der Waals surface area contributed by atoms with Crippen molar-refractivity contribution in [1.29, 1.82) is 0 Å². The van der Waals surface area contributed by atoms with Crippen LogP contribution in [0.25, 0.3) is 0 Å². The molecule has 0 aromatic carbocycles. The lowest BCUT2D eigenvalue weighted by molar-refractivity contribution is -0.133. The molecule has 0 aliphatic carbocycles. The molecule has 1 atom stereocenters. The van der Waals surface area contributed by atoms with Crippen LogP contribution in [0.15, 0.2) is 18.5 Å². The van der Waals surface area contributed by atoms with Gasteiger partial charge in [0.25, 0.3) is 0 Å². The largest absolute Gasteiger partial charge is 0.384 e. The smallest absolute Gasteiger partial charge is 0.228 e. The number of hydrogen-bond acceptors (Lipinski definition) is 7. The van der Waals surface area contributed by atoms with Gasteiger partial charge in [-0.1, -0.05) is 0 Å². The first-order valence-electron chi connectivity index (χ1n) is 9.23. The number of nitrogens with zero attached hydrogens (tertiary/aromatic N) is 5. The molecule has 1 saturated heterocycles. The van der Waals surface area contributed by atoms with E-state index >= 15 is 0 Å². The van der Waals surface area contributed by atoms with Crippen molar-refractivity contribution in [2.75, 3.05) is 32.1 Å². The first-order valence-corrected chi connectivity index (χ1v) is 9.23. The summed E-state index contributed by atoms with van der Waals surface area (Å²) in [5.74, 6) is 1.42. The average Bonchev–Trinajstić information content (AvgIpc) is 2.66. The van der Waals surface area contributed by atoms with Crippen LogP contribution in [0.3, 0.4) is 0 Å². The molecule has 1 N–H and O–H groups in total. The molecule has 1 amide bonds. The Balaban J connectivity index is 1.77. The van der Waals surface area contributed by atoms with Gasteiger partial charge in [0.05, 0.1) is 18.7 Å². The first-order chi connectivity index (χ1) is 13.1. The number of methoxy groups -OCH3 is 1. The molecule has 27 heavy (non-hydrogen) atoms. The van der Waals surface area contributed by atoms with Crippen molar-refractivity contribution in [1.82, 2.24) is 24.8 Å². The third-order valence-corrected chi connectivity index (χ3v) is 4.62. The molecule has 8 nitrogen and oxygen atoms in total. The number of ether oxygens (including phenoxy) is 1. The van der Waals surface area contributed by atoms with E-state index in [2.05, 4.69) is 25.3 Å². The number of amides is 1. The molecule has 1 aliphatic rings. The third-order valence-electron chi connectivity index (χ3n) is 4.62. The Kier molecular flexibility index (Phi) is 6.28. The van der Waals surface area contributed by atoms with Gasteiger partial charge in [-0.05, 0) is 32.8 Å². The second kappa shape index (κ2) is 8.85. The Morgan fingerprint density at radius 1 is 1.26 bits per heavy atom. The topological polar surface area (TPSA) is 93.1 Å². The SMILES string of the molecule is COCCC(=O)N1CCC[C@@H](c2nccnc2Nc2nc(C)cc(C)n2)C1. The van der Waals surface area contributed by atoms with E-state index in [1.807, 2.05) is 24.8 Å². The molecule has 0 unspecified atom stereocenters. The Morgan fingerprint density at radius 2 is 2.00 bits per heavy atom. The highest BCUT2D eigenvalue weighted by atomic mass is 16.5. The molecule has 0 radical (unpaired) electrons. The lowest BCUT2D eigenvalue weighted by atomic mass is 9.94. The van der Waals surface area contributed by atoms with E-state index in [4.69, 9.17) is 4.74 Å². The summed E-state index contributed by atoms with van der Waals surface area (Å²) < 4.78 is 5.03. The zero-order valence-corrected chi connectivity index (χ0v) is 16.1. The van der Waals surface area contributed by atoms with Crippen molar-refractivity contribution < 1.29 is 9.53 Å². The van der Waals surface area contributed by atoms with E-state index in [-0.39, 0.29) is 11.8 Å². The molecule has 144 valence electrons. The van der Waals surface area contributed by atoms with Crippen molar-refractivity contribution in [2.45, 2.75) is 39.0 Å². The summed E-state index contributed by atoms with van der Waals surface area (Å²) in [5, 5.41) is 3.21. The molecule has 3 heterocycles. The number of aromatic nitrogens is 4. The van der Waals surface area contributed by atoms with E-state index in [1.165, 1.54) is 0 Å². The van der Waals surface area contributed by atoms with Gasteiger partial charge in [0.2, 0.25) is 11.9 Å². The van der Waals surface area contributed by atoms with Crippen LogP contribution in [0.1, 0.15) is 42.3 Å². The van der Waals surface area contributed by atoms with Gasteiger partial charge < -0.3 is 15.0 Å². The van der Waals surface area contributed by atoms with Gasteiger partial charge in [-0.15, -0.1) is 0 Å². The molecule has 0 bridgehead atoms. The van der Waals surface area contributed by atoms with E-state index in [0.29, 0.717) is 31.3 Å². The van der Waals surface area contributed by atoms with Crippen LogP contribution in [0.4, 0.5) is 11.8 Å². The number of hydrogen-bond donors (Lipinski definition) is 1. The van der Waals surface area contributed by atoms with Crippen molar-refractivity contribution >= 4 is 17.7 Å². The van der Waals surface area contributed by atoms with Crippen LogP contribution < -0.4 is 5.32 Å². The van der Waals surface area contributed by atoms with E-state index in [1.54, 1.807) is 19.5 Å². The fourth-order valence-electron chi connectivity index (χ4n) is 3.41. The molecule has 1 fully saturated rings. The number of carbonyl (C=O) groups is 1. The standard InChI is InChI=1S/C19H26N6O2/c1-13-11-14(2)23-19(22-13)24-18-17(20-7-8-21-18)15-5-4-9-25(12-15)16(26)6-10-27-3/h7-8,11,15H,4-6,9-10,12H2,1-3H3,(H,21,22,23,24)/t15-/m1/s1. The van der Waals surface area contributed by atoms with Crippen LogP contribution in [0, 0.1) is 13.8 Å². The van der Waals surface area contributed by atoms with Crippen molar-refractivity contribution in [3.8, 4) is 0 Å². The highest BCUT2D eigenvalue weighted by Crippen LogP contribution is 2.30. The summed E-state index contributed by atoms with van der Waals surface area (Å²) in [6, 6.07) is 1.92. The van der Waals surface area contributed by atoms with Crippen molar-refractivity contribution in [2.24, 2.45) is 0 Å². The quantitative estimate of drug-likeness (QED) is 0.834. The molecule has 1 aliphatic heterocycles. The lowest BCUT2D eigenvalue weighted by Gasteiger charge is -2.33. The number of nitrogens with one attached hydrogen (secondary N) is 1. The minimum absolute atomic E-state index is 0.123. The fourth-order valence-corrected chi connectivity index (χ4v) is 3.41. The number of aryl methyl sites for hydroxylation is 2. The maximum atomic E-state index is 12.4. The Labute approximate surface area is 159 Å². The maximum absolute atomic E-state index is 12.4. The molecule has 0 saturated carbocycles. The summed E-state index contributed by atoms with van der Waals surface area (Å²) in [6.07, 6.45) is 5.66. The number of rotatable bonds is 6. The molecule has 2 aromatic rings. The summed E-state index contributed by atoms with van der Waals surface area (Å²) in [6.45, 7) is 5.73. The summed E-state index contributed by atoms with van der Waals surface area (Å²) in [4.78, 5) is 32.1. The van der Waals surface area contributed by atoms with Gasteiger partial charge in [0.1, 0.15) is 0 Å². The van der Waals surface area contributed by atoms with Crippen LogP contribution in [0.2, 0.25) is 0 Å². The van der Waals surface area contributed by atoms with Crippen LogP contribution in [-0.2, 0) is 9.53 Å². The Hall–Kier alpha value is -2.61. The number of piperidine rings is 1. The summed E-state index contributed by atoms with van der Waals surface area (Å²) >= 11 is 0. The van der Waals surface area contributed by atoms with E-state index in [9.17, 15) is 4.79 Å². The number of carbonyl (C=O) groups excluding carboxylic acids is 1. The minimum Gasteiger partial charge on any atom is -0.384 e. The Morgan fingerprint density at radius 3 is 2.74 bits per heavy atom. The molecule has 2 aromatic heterocycles. The number of anilines is 2. The van der Waals surface area contributed by atoms with Crippen molar-refractivity contribution in [3.63, 3.8) is 0 Å². The fraction of sp³-hybridized carbons (Fsp3) is 0.526. The second-order valence-corrected chi connectivity index (χ2v) is 6.81. The van der Waals surface area contributed by atoms with Crippen LogP contribution in [0.5, 0.6) is 0 Å². The molecular formula is C19H26N6O2. The third kappa shape index (κ3) is 4.97. The molecule has 8 heteroatoms. The monoisotopic (exact) mass is 370 g/mol. The van der Waals surface area contributed by atoms with Gasteiger partial charge in [-0.3, -0.25) is 9.78 Å². The van der Waals surface area contributed by atoms with Crippen LogP contribution >= 0.6 is 0 Å². The van der Waals surface area contributed by atoms with Gasteiger partial charge in [0.15, 0.2) is 5.82 Å². The second-order valence-electron chi connectivity index (χ2n) is 6.81. The van der Waals surface area contributed by atoms with E-state index < -0.39 is 0 Å². The zero-order valence-electron chi connectivity index (χ0n) is 16.1. The Bertz CT molecular complexity index is 777. The predicted octanol–water partition coefficient (Wildman–Crippen LogP) is 2.37. The normalized spacial score (nSPS) is 17.0. The number of likely N-dealkylation sites (tertiary alicyclic amines) is 1. The van der Waals surface area contributed by atoms with Gasteiger partial charge in [-0.25, -0.2) is 15.0 Å². The maximum Gasteiger partial charge on any atom is 0.228 e. The summed E-state index contributed by atoms with van der Waals surface area (Å²) in [5.41, 5.74) is 2.63. The summed E-state index contributed by atoms with van der Waals surface area (Å²) in [7, 11) is 1.61. The predicted molar refractivity (Wildman–Crippen MR) is 102 cm³/mol.